The van der Waals surface area contributed by atoms with Crippen LogP contribution in [0, 0.1) is 0 Å². The highest BCUT2D eigenvalue weighted by Gasteiger charge is 2.32. The third-order valence-corrected chi connectivity index (χ3v) is 6.74. The number of sulfone groups is 1. The van der Waals surface area contributed by atoms with Gasteiger partial charge in [0, 0.05) is 6.20 Å². The maximum Gasteiger partial charge on any atom is 0.416 e. The van der Waals surface area contributed by atoms with Gasteiger partial charge in [-0.25, -0.2) is 8.42 Å². The van der Waals surface area contributed by atoms with E-state index in [2.05, 4.69) is 4.98 Å². The largest absolute Gasteiger partial charge is 0.463 e. The van der Waals surface area contributed by atoms with Crippen LogP contribution < -0.4 is 5.43 Å². The molecule has 0 atom stereocenters. The van der Waals surface area contributed by atoms with Gasteiger partial charge in [0.2, 0.25) is 5.43 Å². The first-order valence-electron chi connectivity index (χ1n) is 8.97. The summed E-state index contributed by atoms with van der Waals surface area (Å²) in [5.74, 6) is 0.0834. The molecular formula is C20H16F3NO4S. The molecule has 0 spiro atoms. The second-order valence-corrected chi connectivity index (χ2v) is 9.23. The molecule has 1 saturated carbocycles. The maximum absolute atomic E-state index is 12.9. The smallest absolute Gasteiger partial charge is 0.416 e. The SMILES string of the molecule is CCS(=O)(=O)c1cc(C2CC2)cnc1-c1coc2cc(C(F)(F)F)ccc2c1=O. The first-order chi connectivity index (χ1) is 13.6. The highest BCUT2D eigenvalue weighted by atomic mass is 32.2. The molecule has 0 N–H and O–H groups in total. The van der Waals surface area contributed by atoms with Crippen LogP contribution >= 0.6 is 0 Å². The molecule has 1 aliphatic rings. The summed E-state index contributed by atoms with van der Waals surface area (Å²) in [5.41, 5.74) is -1.18. The van der Waals surface area contributed by atoms with Crippen LogP contribution in [0.3, 0.4) is 0 Å². The van der Waals surface area contributed by atoms with E-state index in [-0.39, 0.29) is 38.8 Å². The fourth-order valence-electron chi connectivity index (χ4n) is 3.16. The highest BCUT2D eigenvalue weighted by molar-refractivity contribution is 7.91. The first-order valence-corrected chi connectivity index (χ1v) is 10.6. The number of rotatable bonds is 4. The lowest BCUT2D eigenvalue weighted by molar-refractivity contribution is -0.137. The number of aromatic nitrogens is 1. The van der Waals surface area contributed by atoms with Gasteiger partial charge in [0.1, 0.15) is 11.8 Å². The van der Waals surface area contributed by atoms with Crippen LogP contribution in [0.5, 0.6) is 0 Å². The zero-order valence-electron chi connectivity index (χ0n) is 15.3. The number of alkyl halides is 3. The van der Waals surface area contributed by atoms with Crippen molar-refractivity contribution in [3.63, 3.8) is 0 Å². The van der Waals surface area contributed by atoms with Crippen LogP contribution in [0.1, 0.15) is 36.8 Å². The van der Waals surface area contributed by atoms with Crippen LogP contribution in [-0.4, -0.2) is 19.2 Å². The molecule has 3 aromatic rings. The minimum Gasteiger partial charge on any atom is -0.463 e. The predicted molar refractivity (Wildman–Crippen MR) is 100 cm³/mol. The van der Waals surface area contributed by atoms with E-state index < -0.39 is 27.0 Å². The number of fused-ring (bicyclic) bond motifs is 1. The predicted octanol–water partition coefficient (Wildman–Crippen LogP) is 4.54. The molecule has 1 fully saturated rings. The Balaban J connectivity index is 1.93. The number of hydrogen-bond acceptors (Lipinski definition) is 5. The lowest BCUT2D eigenvalue weighted by Crippen LogP contribution is -2.13. The summed E-state index contributed by atoms with van der Waals surface area (Å²) in [5, 5.41) is -0.0802. The van der Waals surface area contributed by atoms with Gasteiger partial charge in [0.05, 0.1) is 32.9 Å². The summed E-state index contributed by atoms with van der Waals surface area (Å²) in [6, 6.07) is 4.10. The first kappa shape index (κ1) is 19.6. The van der Waals surface area contributed by atoms with Crippen molar-refractivity contribution >= 4 is 20.8 Å². The molecule has 0 radical (unpaired) electrons. The molecule has 1 aliphatic carbocycles. The van der Waals surface area contributed by atoms with Gasteiger partial charge in [0.25, 0.3) is 0 Å². The van der Waals surface area contributed by atoms with Crippen molar-refractivity contribution in [2.45, 2.75) is 36.8 Å². The van der Waals surface area contributed by atoms with E-state index in [1.807, 2.05) is 0 Å². The average Bonchev–Trinajstić information content (AvgIpc) is 3.52. The Morgan fingerprint density at radius 2 is 1.93 bits per heavy atom. The molecule has 1 aromatic carbocycles. The van der Waals surface area contributed by atoms with E-state index >= 15 is 0 Å². The van der Waals surface area contributed by atoms with Crippen LogP contribution in [-0.2, 0) is 16.0 Å². The van der Waals surface area contributed by atoms with E-state index in [0.717, 1.165) is 42.9 Å². The van der Waals surface area contributed by atoms with Gasteiger partial charge in [-0.05, 0) is 48.6 Å². The van der Waals surface area contributed by atoms with Crippen LogP contribution in [0.25, 0.3) is 22.2 Å². The fraction of sp³-hybridized carbons (Fsp3) is 0.300. The molecule has 0 aliphatic heterocycles. The highest BCUT2D eigenvalue weighted by Crippen LogP contribution is 2.41. The van der Waals surface area contributed by atoms with Crippen molar-refractivity contribution in [1.29, 1.82) is 0 Å². The van der Waals surface area contributed by atoms with Crippen molar-refractivity contribution in [3.05, 3.63) is 58.1 Å². The Morgan fingerprint density at radius 1 is 1.21 bits per heavy atom. The number of hydrogen-bond donors (Lipinski definition) is 0. The normalized spacial score (nSPS) is 15.0. The van der Waals surface area contributed by atoms with Gasteiger partial charge in [-0.2, -0.15) is 13.2 Å². The molecule has 152 valence electrons. The summed E-state index contributed by atoms with van der Waals surface area (Å²) in [6.07, 6.45) is -0.163. The second-order valence-electron chi connectivity index (χ2n) is 6.98. The topological polar surface area (TPSA) is 77.2 Å². The minimum absolute atomic E-state index is 0.0493. The van der Waals surface area contributed by atoms with Gasteiger partial charge >= 0.3 is 6.18 Å². The van der Waals surface area contributed by atoms with Crippen molar-refractivity contribution in [1.82, 2.24) is 4.98 Å². The molecule has 29 heavy (non-hydrogen) atoms. The number of pyridine rings is 1. The summed E-state index contributed by atoms with van der Waals surface area (Å²) in [6.45, 7) is 1.49. The molecule has 2 aromatic heterocycles. The lowest BCUT2D eigenvalue weighted by Gasteiger charge is -2.11. The number of nitrogens with zero attached hydrogens (tertiary/aromatic N) is 1. The van der Waals surface area contributed by atoms with E-state index in [9.17, 15) is 26.4 Å². The molecule has 0 bridgehead atoms. The standard InChI is InChI=1S/C20H16F3NO4S/c1-2-29(26,27)17-7-12(11-3-4-11)9-24-18(17)15-10-28-16-8-13(20(21,22)23)5-6-14(16)19(15)25/h5-11H,2-4H2,1H3. The fourth-order valence-corrected chi connectivity index (χ4v) is 4.25. The van der Waals surface area contributed by atoms with Crippen molar-refractivity contribution in [2.75, 3.05) is 5.75 Å². The van der Waals surface area contributed by atoms with Crippen molar-refractivity contribution in [3.8, 4) is 11.3 Å². The molecule has 0 amide bonds. The second kappa shape index (κ2) is 6.69. The number of halogens is 3. The zero-order chi connectivity index (χ0) is 21.0. The minimum atomic E-state index is -4.58. The molecular weight excluding hydrogens is 407 g/mol. The summed E-state index contributed by atoms with van der Waals surface area (Å²) in [4.78, 5) is 17.1. The molecule has 5 nitrogen and oxygen atoms in total. The Morgan fingerprint density at radius 3 is 2.55 bits per heavy atom. The molecule has 4 rings (SSSR count). The van der Waals surface area contributed by atoms with Gasteiger partial charge in [0.15, 0.2) is 9.84 Å². The molecule has 9 heteroatoms. The van der Waals surface area contributed by atoms with Gasteiger partial charge < -0.3 is 4.42 Å². The lowest BCUT2D eigenvalue weighted by atomic mass is 10.1. The van der Waals surface area contributed by atoms with E-state index in [1.54, 1.807) is 0 Å². The van der Waals surface area contributed by atoms with Crippen LogP contribution in [0.2, 0.25) is 0 Å². The quantitative estimate of drug-likeness (QED) is 0.616. The van der Waals surface area contributed by atoms with E-state index in [4.69, 9.17) is 4.42 Å². The van der Waals surface area contributed by atoms with Gasteiger partial charge in [-0.15, -0.1) is 0 Å². The Labute approximate surface area is 164 Å². The molecule has 0 saturated heterocycles. The molecule has 0 unspecified atom stereocenters. The van der Waals surface area contributed by atoms with Gasteiger partial charge in [-0.1, -0.05) is 6.92 Å². The number of benzene rings is 1. The van der Waals surface area contributed by atoms with E-state index in [1.165, 1.54) is 19.2 Å². The average molecular weight is 423 g/mol. The zero-order valence-corrected chi connectivity index (χ0v) is 16.1. The Hall–Kier alpha value is -2.68. The summed E-state index contributed by atoms with van der Waals surface area (Å²) in [7, 11) is -3.69. The van der Waals surface area contributed by atoms with E-state index in [0.29, 0.717) is 0 Å². The molecule has 2 heterocycles. The van der Waals surface area contributed by atoms with Crippen molar-refractivity contribution in [2.24, 2.45) is 0 Å². The third-order valence-electron chi connectivity index (χ3n) is 4.99. The van der Waals surface area contributed by atoms with Crippen LogP contribution in [0.15, 0.2) is 50.8 Å². The monoisotopic (exact) mass is 423 g/mol. The van der Waals surface area contributed by atoms with Crippen molar-refractivity contribution < 1.29 is 26.0 Å². The van der Waals surface area contributed by atoms with Crippen LogP contribution in [0.4, 0.5) is 13.2 Å². The maximum atomic E-state index is 12.9. The Bertz CT molecular complexity index is 1280. The third kappa shape index (κ3) is 3.55. The summed E-state index contributed by atoms with van der Waals surface area (Å²) >= 11 is 0. The summed E-state index contributed by atoms with van der Waals surface area (Å²) < 4.78 is 69.2. The Kier molecular flexibility index (Phi) is 4.53. The van der Waals surface area contributed by atoms with Gasteiger partial charge in [-0.3, -0.25) is 9.78 Å².